The molecule has 0 heteroatoms. The van der Waals surface area contributed by atoms with Crippen LogP contribution in [-0.2, 0) is 0 Å². The maximum atomic E-state index is 2.36. The molecule has 2 aromatic carbocycles. The van der Waals surface area contributed by atoms with Crippen molar-refractivity contribution in [2.75, 3.05) is 0 Å². The molecular weight excluding hydrogens is 216 g/mol. The minimum atomic E-state index is 0.757. The summed E-state index contributed by atoms with van der Waals surface area (Å²) in [5.74, 6) is 0.757. The first-order chi connectivity index (χ1) is 8.93. The van der Waals surface area contributed by atoms with Gasteiger partial charge in [-0.25, -0.2) is 0 Å². The van der Waals surface area contributed by atoms with Crippen molar-refractivity contribution in [3.05, 3.63) is 71.8 Å². The van der Waals surface area contributed by atoms with E-state index < -0.39 is 0 Å². The van der Waals surface area contributed by atoms with Crippen LogP contribution in [0.25, 0.3) is 11.6 Å². The van der Waals surface area contributed by atoms with Crippen molar-refractivity contribution in [2.45, 2.75) is 19.3 Å². The summed E-state index contributed by atoms with van der Waals surface area (Å²) in [4.78, 5) is 0. The summed E-state index contributed by atoms with van der Waals surface area (Å²) in [6.45, 7) is 0. The third-order valence-electron chi connectivity index (χ3n) is 3.77. The van der Waals surface area contributed by atoms with Crippen LogP contribution < -0.4 is 0 Å². The fourth-order valence-electron chi connectivity index (χ4n) is 2.52. The van der Waals surface area contributed by atoms with Gasteiger partial charge in [0, 0.05) is 0 Å². The fourth-order valence-corrected chi connectivity index (χ4v) is 2.52. The molecule has 90 valence electrons. The van der Waals surface area contributed by atoms with E-state index in [2.05, 4.69) is 66.7 Å². The fraction of sp³-hybridized carbons (Fsp3) is 0.222. The lowest BCUT2D eigenvalue weighted by atomic mass is 9.76. The highest BCUT2D eigenvalue weighted by Gasteiger charge is 2.22. The van der Waals surface area contributed by atoms with Gasteiger partial charge in [0.15, 0.2) is 0 Å². The predicted molar refractivity (Wildman–Crippen MR) is 78.1 cm³/mol. The average Bonchev–Trinajstić information content (AvgIpc) is 2.38. The molecule has 1 aliphatic rings. The second-order valence-corrected chi connectivity index (χ2v) is 5.00. The van der Waals surface area contributed by atoms with Crippen molar-refractivity contribution in [1.29, 1.82) is 0 Å². The molecule has 0 atom stereocenters. The Labute approximate surface area is 109 Å². The van der Waals surface area contributed by atoms with Crippen molar-refractivity contribution >= 4 is 11.6 Å². The van der Waals surface area contributed by atoms with Gasteiger partial charge in [0.05, 0.1) is 0 Å². The molecule has 0 heterocycles. The van der Waals surface area contributed by atoms with Crippen LogP contribution in [0.5, 0.6) is 0 Å². The minimum absolute atomic E-state index is 0.757. The van der Waals surface area contributed by atoms with Gasteiger partial charge in [0.1, 0.15) is 0 Å². The Kier molecular flexibility index (Phi) is 3.27. The first-order valence-electron chi connectivity index (χ1n) is 6.75. The van der Waals surface area contributed by atoms with Gasteiger partial charge in [-0.1, -0.05) is 73.2 Å². The summed E-state index contributed by atoms with van der Waals surface area (Å²) in [6.07, 6.45) is 6.42. The molecule has 0 saturated heterocycles. The van der Waals surface area contributed by atoms with Gasteiger partial charge in [-0.2, -0.15) is 0 Å². The third kappa shape index (κ3) is 2.38. The van der Waals surface area contributed by atoms with E-state index in [1.54, 1.807) is 0 Å². The Bertz CT molecular complexity index is 518. The van der Waals surface area contributed by atoms with Crippen molar-refractivity contribution in [2.24, 2.45) is 5.92 Å². The molecule has 0 nitrogen and oxygen atoms in total. The van der Waals surface area contributed by atoms with Crippen LogP contribution in [0.3, 0.4) is 0 Å². The van der Waals surface area contributed by atoms with Gasteiger partial charge in [-0.05, 0) is 35.5 Å². The second kappa shape index (κ2) is 5.22. The van der Waals surface area contributed by atoms with E-state index in [9.17, 15) is 0 Å². The van der Waals surface area contributed by atoms with Gasteiger partial charge in [-0.15, -0.1) is 0 Å². The molecule has 0 amide bonds. The molecule has 18 heavy (non-hydrogen) atoms. The number of hydrogen-bond acceptors (Lipinski definition) is 0. The lowest BCUT2D eigenvalue weighted by Crippen LogP contribution is -2.12. The van der Waals surface area contributed by atoms with Crippen LogP contribution in [0.15, 0.2) is 60.7 Å². The number of benzene rings is 2. The highest BCUT2D eigenvalue weighted by molar-refractivity contribution is 5.83. The summed E-state index contributed by atoms with van der Waals surface area (Å²) in [5, 5.41) is 0. The smallest absolute Gasteiger partial charge is 0.0156 e. The van der Waals surface area contributed by atoms with E-state index in [-0.39, 0.29) is 0 Å². The van der Waals surface area contributed by atoms with Crippen molar-refractivity contribution in [1.82, 2.24) is 0 Å². The van der Waals surface area contributed by atoms with Crippen molar-refractivity contribution in [3.63, 3.8) is 0 Å². The van der Waals surface area contributed by atoms with Gasteiger partial charge < -0.3 is 0 Å². The maximum absolute atomic E-state index is 2.36. The van der Waals surface area contributed by atoms with Crippen LogP contribution in [0, 0.1) is 5.92 Å². The summed E-state index contributed by atoms with van der Waals surface area (Å²) in [7, 11) is 0. The van der Waals surface area contributed by atoms with E-state index in [0.717, 1.165) is 5.92 Å². The van der Waals surface area contributed by atoms with Gasteiger partial charge in [0.2, 0.25) is 0 Å². The second-order valence-electron chi connectivity index (χ2n) is 5.00. The molecule has 0 unspecified atom stereocenters. The molecule has 0 aromatic heterocycles. The van der Waals surface area contributed by atoms with Crippen LogP contribution in [-0.4, -0.2) is 0 Å². The largest absolute Gasteiger partial charge is 0.0622 e. The maximum Gasteiger partial charge on any atom is -0.0156 e. The number of hydrogen-bond donors (Lipinski definition) is 0. The summed E-state index contributed by atoms with van der Waals surface area (Å²) in [6, 6.07) is 21.5. The van der Waals surface area contributed by atoms with Crippen molar-refractivity contribution in [3.8, 4) is 0 Å². The van der Waals surface area contributed by atoms with E-state index in [0.29, 0.717) is 0 Å². The molecule has 0 bridgehead atoms. The Morgan fingerprint density at radius 1 is 0.833 bits per heavy atom. The first-order valence-corrected chi connectivity index (χ1v) is 6.75. The normalized spacial score (nSPS) is 16.3. The summed E-state index contributed by atoms with van der Waals surface area (Å²) >= 11 is 0. The van der Waals surface area contributed by atoms with Crippen LogP contribution in [0.4, 0.5) is 0 Å². The molecule has 0 aliphatic heterocycles. The lowest BCUT2D eigenvalue weighted by Gasteiger charge is -2.28. The molecule has 3 rings (SSSR count). The Hall–Kier alpha value is -1.82. The highest BCUT2D eigenvalue weighted by atomic mass is 14.3. The van der Waals surface area contributed by atoms with E-state index in [1.165, 1.54) is 36.0 Å². The molecule has 0 N–H and O–H groups in total. The minimum Gasteiger partial charge on any atom is -0.0622 e. The quantitative estimate of drug-likeness (QED) is 0.653. The summed E-state index contributed by atoms with van der Waals surface area (Å²) in [5.41, 5.74) is 4.20. The van der Waals surface area contributed by atoms with Crippen LogP contribution in [0.1, 0.15) is 30.4 Å². The zero-order valence-electron chi connectivity index (χ0n) is 10.5. The molecule has 2 aromatic rings. The summed E-state index contributed by atoms with van der Waals surface area (Å²) < 4.78 is 0. The zero-order valence-corrected chi connectivity index (χ0v) is 10.5. The lowest BCUT2D eigenvalue weighted by molar-refractivity contribution is 0.401. The topological polar surface area (TPSA) is 0 Å². The van der Waals surface area contributed by atoms with E-state index in [1.807, 2.05) is 0 Å². The Balaban J connectivity index is 1.98. The third-order valence-corrected chi connectivity index (χ3v) is 3.77. The average molecular weight is 234 g/mol. The zero-order chi connectivity index (χ0) is 12.2. The molecule has 1 fully saturated rings. The highest BCUT2D eigenvalue weighted by Crippen LogP contribution is 2.39. The molecule has 1 aliphatic carbocycles. The Morgan fingerprint density at radius 2 is 1.44 bits per heavy atom. The molecule has 1 saturated carbocycles. The first kappa shape index (κ1) is 11.3. The monoisotopic (exact) mass is 234 g/mol. The molecule has 0 spiro atoms. The number of rotatable bonds is 3. The number of allylic oxidation sites excluding steroid dienone is 1. The standard InChI is InChI=1S/C18H18/c1-3-8-15(9-4-1)14-18(17-12-7-13-17)16-10-5-2-6-11-16/h1-6,8-11,14,17H,7,12-13H2. The molecule has 0 radical (unpaired) electrons. The van der Waals surface area contributed by atoms with Gasteiger partial charge >= 0.3 is 0 Å². The van der Waals surface area contributed by atoms with Crippen molar-refractivity contribution < 1.29 is 0 Å². The molecular formula is C18H18. The van der Waals surface area contributed by atoms with Crippen LogP contribution >= 0.6 is 0 Å². The van der Waals surface area contributed by atoms with E-state index >= 15 is 0 Å². The SMILES string of the molecule is C(=C(c1ccccc1)C1CCC1)c1ccccc1. The van der Waals surface area contributed by atoms with Gasteiger partial charge in [0.25, 0.3) is 0 Å². The van der Waals surface area contributed by atoms with E-state index in [4.69, 9.17) is 0 Å². The van der Waals surface area contributed by atoms with Gasteiger partial charge in [-0.3, -0.25) is 0 Å². The van der Waals surface area contributed by atoms with Crippen LogP contribution in [0.2, 0.25) is 0 Å². The Morgan fingerprint density at radius 3 is 2.00 bits per heavy atom. The predicted octanol–water partition coefficient (Wildman–Crippen LogP) is 5.03.